The third-order valence-corrected chi connectivity index (χ3v) is 9.93. The molecule has 32 heavy (non-hydrogen) atoms. The second-order valence-electron chi connectivity index (χ2n) is 11.9. The quantitative estimate of drug-likeness (QED) is 0.497. The molecule has 178 valence electrons. The molecule has 7 atom stereocenters. The van der Waals surface area contributed by atoms with Gasteiger partial charge in [-0.05, 0) is 79.4 Å². The van der Waals surface area contributed by atoms with Crippen LogP contribution in [0.3, 0.4) is 0 Å². The summed E-state index contributed by atoms with van der Waals surface area (Å²) in [5.41, 5.74) is 3.79. The van der Waals surface area contributed by atoms with E-state index in [0.717, 1.165) is 25.7 Å². The zero-order valence-corrected chi connectivity index (χ0v) is 21.1. The number of hydrogen-bond donors (Lipinski definition) is 0. The number of fused-ring (bicyclic) bond motifs is 5. The molecule has 0 radical (unpaired) electrons. The van der Waals surface area contributed by atoms with E-state index in [1.807, 2.05) is 14.1 Å². The van der Waals surface area contributed by atoms with Crippen LogP contribution in [0.4, 0.5) is 0 Å². The number of rotatable bonds is 5. The molecular weight excluding hydrogens is 398 g/mol. The average Bonchev–Trinajstić information content (AvgIpc) is 3.08. The molecule has 4 aliphatic carbocycles. The molecule has 0 unspecified atom stereocenters. The Hall–Kier alpha value is -1.58. The third kappa shape index (κ3) is 3.96. The lowest BCUT2D eigenvalue weighted by molar-refractivity contribution is -0.148. The van der Waals surface area contributed by atoms with Gasteiger partial charge in [0.25, 0.3) is 0 Å². The highest BCUT2D eigenvalue weighted by Crippen LogP contribution is 2.66. The van der Waals surface area contributed by atoms with Gasteiger partial charge in [-0.3, -0.25) is 9.59 Å². The Balaban J connectivity index is 1.51. The summed E-state index contributed by atoms with van der Waals surface area (Å²) in [6.07, 6.45) is 14.7. The van der Waals surface area contributed by atoms with E-state index >= 15 is 0 Å². The van der Waals surface area contributed by atoms with Gasteiger partial charge in [-0.1, -0.05) is 44.1 Å². The Bertz CT molecular complexity index is 827. The van der Waals surface area contributed by atoms with E-state index in [1.54, 1.807) is 10.5 Å². The summed E-state index contributed by atoms with van der Waals surface area (Å²) in [6, 6.07) is 0. The normalized spacial score (nSPS) is 39.1. The first-order chi connectivity index (χ1) is 15.1. The van der Waals surface area contributed by atoms with Gasteiger partial charge in [0.1, 0.15) is 6.10 Å². The fraction of sp³-hybridized carbons (Fsp3) is 0.786. The van der Waals surface area contributed by atoms with Crippen molar-refractivity contribution in [3.63, 3.8) is 0 Å². The summed E-state index contributed by atoms with van der Waals surface area (Å²) in [7, 11) is 3.72. The van der Waals surface area contributed by atoms with Crippen LogP contribution in [0.5, 0.6) is 0 Å². The summed E-state index contributed by atoms with van der Waals surface area (Å²) >= 11 is 0. The van der Waals surface area contributed by atoms with Crippen molar-refractivity contribution in [1.29, 1.82) is 0 Å². The lowest BCUT2D eigenvalue weighted by Crippen LogP contribution is -2.46. The van der Waals surface area contributed by atoms with Crippen molar-refractivity contribution in [3.8, 4) is 0 Å². The number of allylic oxidation sites excluding steroid dienone is 3. The number of hydrogen-bond acceptors (Lipinski definition) is 3. The molecule has 1 amide bonds. The smallest absolute Gasteiger partial charge is 0.302 e. The molecule has 3 fully saturated rings. The highest BCUT2D eigenvalue weighted by molar-refractivity contribution is 5.75. The van der Waals surface area contributed by atoms with Crippen molar-refractivity contribution < 1.29 is 14.3 Å². The van der Waals surface area contributed by atoms with Crippen molar-refractivity contribution in [3.05, 3.63) is 23.3 Å². The zero-order valence-electron chi connectivity index (χ0n) is 21.1. The maximum Gasteiger partial charge on any atom is 0.302 e. The van der Waals surface area contributed by atoms with Crippen molar-refractivity contribution >= 4 is 11.9 Å². The van der Waals surface area contributed by atoms with Crippen LogP contribution in [-0.4, -0.2) is 37.0 Å². The number of amides is 1. The van der Waals surface area contributed by atoms with Gasteiger partial charge in [-0.2, -0.15) is 0 Å². The highest BCUT2D eigenvalue weighted by atomic mass is 16.5. The van der Waals surface area contributed by atoms with Crippen LogP contribution in [0.1, 0.15) is 85.5 Å². The minimum atomic E-state index is -0.155. The van der Waals surface area contributed by atoms with Crippen molar-refractivity contribution in [2.45, 2.75) is 91.6 Å². The SMILES string of the molecule is CC(=O)O[C@H]1CC[C@@]2(C)C(=CC=C3[C@@H]4CC[C@H]([C@H](C)CCC(=O)N(C)C)[C@@]4(C)CC[C@@H]32)C1. The van der Waals surface area contributed by atoms with Crippen LogP contribution in [0.15, 0.2) is 23.3 Å². The van der Waals surface area contributed by atoms with Crippen molar-refractivity contribution in [1.82, 2.24) is 4.90 Å². The standard InChI is InChI=1S/C28H43NO3/c1-18(7-12-26(31)29(5)6)23-10-11-24-22-9-8-20-17-21(32-19(2)30)13-15-27(20,3)25(22)14-16-28(23,24)4/h8-9,18,21,23-25H,7,10-17H2,1-6H3/t18-,21+,23-,24+,25+,27+,28-/m1/s1. The summed E-state index contributed by atoms with van der Waals surface area (Å²) < 4.78 is 5.57. The molecule has 4 heteroatoms. The first kappa shape index (κ1) is 23.6. The highest BCUT2D eigenvalue weighted by Gasteiger charge is 2.57. The van der Waals surface area contributed by atoms with Crippen LogP contribution in [0.2, 0.25) is 0 Å². The molecule has 0 aromatic heterocycles. The maximum atomic E-state index is 12.1. The van der Waals surface area contributed by atoms with Crippen molar-refractivity contribution in [2.24, 2.45) is 34.5 Å². The maximum absolute atomic E-state index is 12.1. The number of ether oxygens (including phenoxy) is 1. The first-order valence-electron chi connectivity index (χ1n) is 12.8. The molecule has 3 saturated carbocycles. The van der Waals surface area contributed by atoms with Gasteiger partial charge in [0.05, 0.1) is 0 Å². The Morgan fingerprint density at radius 1 is 1.09 bits per heavy atom. The number of esters is 1. The Kier molecular flexibility index (Phi) is 6.37. The van der Waals surface area contributed by atoms with Crippen LogP contribution in [-0.2, 0) is 14.3 Å². The summed E-state index contributed by atoms with van der Waals surface area (Å²) in [5.74, 6) is 2.73. The molecule has 4 rings (SSSR count). The molecule has 4 nitrogen and oxygen atoms in total. The minimum absolute atomic E-state index is 0.0530. The number of nitrogens with zero attached hydrogens (tertiary/aromatic N) is 1. The second-order valence-corrected chi connectivity index (χ2v) is 11.9. The molecule has 0 aromatic rings. The van der Waals surface area contributed by atoms with Crippen LogP contribution in [0, 0.1) is 34.5 Å². The van der Waals surface area contributed by atoms with E-state index in [4.69, 9.17) is 4.74 Å². The lowest BCUT2D eigenvalue weighted by Gasteiger charge is -2.55. The van der Waals surface area contributed by atoms with Crippen molar-refractivity contribution in [2.75, 3.05) is 14.1 Å². The molecule has 0 spiro atoms. The van der Waals surface area contributed by atoms with Gasteiger partial charge in [-0.15, -0.1) is 0 Å². The lowest BCUT2D eigenvalue weighted by atomic mass is 9.50. The van der Waals surface area contributed by atoms with Gasteiger partial charge >= 0.3 is 5.97 Å². The largest absolute Gasteiger partial charge is 0.462 e. The van der Waals surface area contributed by atoms with Gasteiger partial charge in [0.15, 0.2) is 0 Å². The van der Waals surface area contributed by atoms with E-state index in [2.05, 4.69) is 32.9 Å². The molecular formula is C28H43NO3. The second kappa shape index (κ2) is 8.65. The summed E-state index contributed by atoms with van der Waals surface area (Å²) in [6.45, 7) is 8.94. The monoisotopic (exact) mass is 441 g/mol. The Labute approximate surface area is 194 Å². The molecule has 0 N–H and O–H groups in total. The molecule has 0 bridgehead atoms. The molecule has 0 aromatic carbocycles. The van der Waals surface area contributed by atoms with Gasteiger partial charge in [-0.25, -0.2) is 0 Å². The molecule has 0 aliphatic heterocycles. The first-order valence-corrected chi connectivity index (χ1v) is 12.8. The van der Waals surface area contributed by atoms with Gasteiger partial charge in [0, 0.05) is 33.9 Å². The van der Waals surface area contributed by atoms with Crippen LogP contribution in [0.25, 0.3) is 0 Å². The van der Waals surface area contributed by atoms with Crippen LogP contribution < -0.4 is 0 Å². The summed E-state index contributed by atoms with van der Waals surface area (Å²) in [4.78, 5) is 25.3. The average molecular weight is 442 g/mol. The number of carbonyl (C=O) groups is 2. The van der Waals surface area contributed by atoms with Gasteiger partial charge < -0.3 is 9.64 Å². The minimum Gasteiger partial charge on any atom is -0.462 e. The Morgan fingerprint density at radius 3 is 2.53 bits per heavy atom. The zero-order chi connectivity index (χ0) is 23.3. The third-order valence-electron chi connectivity index (χ3n) is 9.93. The van der Waals surface area contributed by atoms with E-state index in [0.29, 0.717) is 35.5 Å². The number of carbonyl (C=O) groups excluding carboxylic acids is 2. The fourth-order valence-corrected chi connectivity index (χ4v) is 8.06. The summed E-state index contributed by atoms with van der Waals surface area (Å²) in [5, 5.41) is 0. The molecule has 0 heterocycles. The van der Waals surface area contributed by atoms with E-state index < -0.39 is 0 Å². The van der Waals surface area contributed by atoms with E-state index in [-0.39, 0.29) is 23.4 Å². The van der Waals surface area contributed by atoms with E-state index in [9.17, 15) is 9.59 Å². The Morgan fingerprint density at radius 2 is 1.84 bits per heavy atom. The van der Waals surface area contributed by atoms with E-state index in [1.165, 1.54) is 38.2 Å². The van der Waals surface area contributed by atoms with Gasteiger partial charge in [0.2, 0.25) is 5.91 Å². The van der Waals surface area contributed by atoms with Crippen LogP contribution >= 0.6 is 0 Å². The predicted molar refractivity (Wildman–Crippen MR) is 128 cm³/mol. The predicted octanol–water partition coefficient (Wildman–Crippen LogP) is 5.92. The fourth-order valence-electron chi connectivity index (χ4n) is 8.06. The topological polar surface area (TPSA) is 46.6 Å². The molecule has 0 saturated heterocycles. The molecule has 4 aliphatic rings.